The highest BCUT2D eigenvalue weighted by Crippen LogP contribution is 2.33. The molecule has 0 N–H and O–H groups in total. The zero-order chi connectivity index (χ0) is 18.0. The van der Waals surface area contributed by atoms with Crippen LogP contribution in [0.4, 0.5) is 0 Å². The highest BCUT2D eigenvalue weighted by Gasteiger charge is 2.30. The van der Waals surface area contributed by atoms with E-state index in [9.17, 15) is 4.79 Å². The molecule has 1 aromatic heterocycles. The molecular weight excluding hydrogens is 312 g/mol. The van der Waals surface area contributed by atoms with Crippen molar-refractivity contribution in [1.82, 2.24) is 14.5 Å². The summed E-state index contributed by atoms with van der Waals surface area (Å²) in [4.78, 5) is 18.7. The van der Waals surface area contributed by atoms with Crippen LogP contribution in [0.25, 0.3) is 0 Å². The molecule has 25 heavy (non-hydrogen) atoms. The molecule has 1 aliphatic rings. The zero-order valence-electron chi connectivity index (χ0n) is 15.1. The molecule has 0 bridgehead atoms. The van der Waals surface area contributed by atoms with E-state index < -0.39 is 0 Å². The molecule has 0 spiro atoms. The Balaban J connectivity index is 1.76. The zero-order valence-corrected chi connectivity index (χ0v) is 15.1. The van der Waals surface area contributed by atoms with Crippen LogP contribution in [0.15, 0.2) is 36.7 Å². The van der Waals surface area contributed by atoms with Crippen LogP contribution in [0.5, 0.6) is 0 Å². The number of benzene rings is 1. The van der Waals surface area contributed by atoms with E-state index in [2.05, 4.69) is 50.0 Å². The molecular formula is C20H24N4O. The number of rotatable bonds is 3. The van der Waals surface area contributed by atoms with Crippen LogP contribution in [0.1, 0.15) is 56.6 Å². The lowest BCUT2D eigenvalue weighted by molar-refractivity contribution is -0.132. The standard InChI is InChI=1S/C20H24N4O/c1-20(2,3)16-8-6-15(7-9-16)17-5-4-11-24(17)19(25)14-23-12-10-22-18(23)13-21/h6-10,12,17H,4-5,11,14H2,1-3H3/t17-/m0/s1. The quantitative estimate of drug-likeness (QED) is 0.863. The first kappa shape index (κ1) is 17.2. The Morgan fingerprint density at radius 2 is 2.04 bits per heavy atom. The van der Waals surface area contributed by atoms with Gasteiger partial charge in [-0.1, -0.05) is 45.0 Å². The highest BCUT2D eigenvalue weighted by molar-refractivity contribution is 5.77. The van der Waals surface area contributed by atoms with Gasteiger partial charge in [0.1, 0.15) is 12.6 Å². The van der Waals surface area contributed by atoms with Crippen molar-refractivity contribution in [3.05, 3.63) is 53.6 Å². The number of aromatic nitrogens is 2. The van der Waals surface area contributed by atoms with Crippen molar-refractivity contribution in [2.75, 3.05) is 6.54 Å². The smallest absolute Gasteiger partial charge is 0.243 e. The molecule has 5 heteroatoms. The summed E-state index contributed by atoms with van der Waals surface area (Å²) in [5, 5.41) is 9.05. The SMILES string of the molecule is CC(C)(C)c1ccc([C@@H]2CCCN2C(=O)Cn2ccnc2C#N)cc1. The van der Waals surface area contributed by atoms with Crippen molar-refractivity contribution in [3.8, 4) is 6.07 Å². The van der Waals surface area contributed by atoms with Gasteiger partial charge in [-0.25, -0.2) is 4.98 Å². The van der Waals surface area contributed by atoms with Gasteiger partial charge in [-0.05, 0) is 29.4 Å². The third-order valence-corrected chi connectivity index (χ3v) is 4.86. The maximum absolute atomic E-state index is 12.8. The minimum Gasteiger partial charge on any atom is -0.334 e. The van der Waals surface area contributed by atoms with Gasteiger partial charge in [0.15, 0.2) is 0 Å². The summed E-state index contributed by atoms with van der Waals surface area (Å²) in [5.74, 6) is 0.315. The molecule has 3 rings (SSSR count). The Hall–Kier alpha value is -2.61. The Kier molecular flexibility index (Phi) is 4.63. The molecule has 0 aliphatic carbocycles. The predicted molar refractivity (Wildman–Crippen MR) is 95.8 cm³/mol. The fraction of sp³-hybridized carbons (Fsp3) is 0.450. The second kappa shape index (κ2) is 6.72. The Morgan fingerprint density at radius 3 is 2.68 bits per heavy atom. The highest BCUT2D eigenvalue weighted by atomic mass is 16.2. The number of likely N-dealkylation sites (tertiary alicyclic amines) is 1. The van der Waals surface area contributed by atoms with Gasteiger partial charge in [-0.3, -0.25) is 4.79 Å². The van der Waals surface area contributed by atoms with Gasteiger partial charge < -0.3 is 9.47 Å². The van der Waals surface area contributed by atoms with Gasteiger partial charge in [-0.15, -0.1) is 0 Å². The summed E-state index contributed by atoms with van der Waals surface area (Å²) in [6, 6.07) is 10.8. The molecule has 0 saturated carbocycles. The fourth-order valence-electron chi connectivity index (χ4n) is 3.40. The maximum Gasteiger partial charge on any atom is 0.243 e. The van der Waals surface area contributed by atoms with E-state index in [1.54, 1.807) is 17.0 Å². The number of nitrogens with zero attached hydrogens (tertiary/aromatic N) is 4. The molecule has 1 aliphatic heterocycles. The third kappa shape index (κ3) is 3.58. The average molecular weight is 336 g/mol. The monoisotopic (exact) mass is 336 g/mol. The molecule has 1 saturated heterocycles. The molecule has 0 radical (unpaired) electrons. The van der Waals surface area contributed by atoms with E-state index >= 15 is 0 Å². The second-order valence-corrected chi connectivity index (χ2v) is 7.61. The first-order valence-corrected chi connectivity index (χ1v) is 8.71. The van der Waals surface area contributed by atoms with Gasteiger partial charge in [0.25, 0.3) is 0 Å². The number of carbonyl (C=O) groups is 1. The number of hydrogen-bond donors (Lipinski definition) is 0. The summed E-state index contributed by atoms with van der Waals surface area (Å²) in [6.07, 6.45) is 5.22. The number of imidazole rings is 1. The number of amides is 1. The number of hydrogen-bond acceptors (Lipinski definition) is 3. The lowest BCUT2D eigenvalue weighted by Crippen LogP contribution is -2.33. The molecule has 130 valence electrons. The first-order chi connectivity index (χ1) is 11.9. The normalized spacial score (nSPS) is 17.5. The van der Waals surface area contributed by atoms with E-state index in [4.69, 9.17) is 5.26 Å². The molecule has 1 aromatic carbocycles. The van der Waals surface area contributed by atoms with Gasteiger partial charge in [0, 0.05) is 18.9 Å². The summed E-state index contributed by atoms with van der Waals surface area (Å²) in [7, 11) is 0. The van der Waals surface area contributed by atoms with E-state index in [-0.39, 0.29) is 29.7 Å². The van der Waals surface area contributed by atoms with Crippen LogP contribution in [0.2, 0.25) is 0 Å². The van der Waals surface area contributed by atoms with E-state index in [1.165, 1.54) is 11.1 Å². The van der Waals surface area contributed by atoms with Crippen molar-refractivity contribution < 1.29 is 4.79 Å². The van der Waals surface area contributed by atoms with Crippen LogP contribution < -0.4 is 0 Å². The first-order valence-electron chi connectivity index (χ1n) is 8.71. The minimum absolute atomic E-state index is 0.0388. The third-order valence-electron chi connectivity index (χ3n) is 4.86. The van der Waals surface area contributed by atoms with Crippen LogP contribution in [0, 0.1) is 11.3 Å². The summed E-state index contributed by atoms with van der Waals surface area (Å²) in [5.41, 5.74) is 2.60. The van der Waals surface area contributed by atoms with Crippen molar-refractivity contribution in [2.45, 2.75) is 51.6 Å². The van der Waals surface area contributed by atoms with Crippen molar-refractivity contribution in [2.24, 2.45) is 0 Å². The maximum atomic E-state index is 12.8. The Labute approximate surface area is 148 Å². The van der Waals surface area contributed by atoms with Gasteiger partial charge in [0.2, 0.25) is 11.7 Å². The lowest BCUT2D eigenvalue weighted by atomic mass is 9.86. The lowest BCUT2D eigenvalue weighted by Gasteiger charge is -2.26. The average Bonchev–Trinajstić information content (AvgIpc) is 3.23. The molecule has 2 heterocycles. The number of carbonyl (C=O) groups excluding carboxylic acids is 1. The topological polar surface area (TPSA) is 61.9 Å². The summed E-state index contributed by atoms with van der Waals surface area (Å²) in [6.45, 7) is 7.53. The van der Waals surface area contributed by atoms with Gasteiger partial charge in [0.05, 0.1) is 6.04 Å². The Bertz CT molecular complexity index is 792. The fourth-order valence-corrected chi connectivity index (χ4v) is 3.40. The molecule has 1 atom stereocenters. The van der Waals surface area contributed by atoms with Crippen molar-refractivity contribution in [3.63, 3.8) is 0 Å². The number of nitriles is 1. The van der Waals surface area contributed by atoms with Crippen LogP contribution in [-0.4, -0.2) is 26.9 Å². The predicted octanol–water partition coefficient (Wildman–Crippen LogP) is 3.42. The summed E-state index contributed by atoms with van der Waals surface area (Å²) < 4.78 is 1.61. The van der Waals surface area contributed by atoms with E-state index in [0.717, 1.165) is 19.4 Å². The molecule has 1 fully saturated rings. The largest absolute Gasteiger partial charge is 0.334 e. The van der Waals surface area contributed by atoms with Crippen LogP contribution in [0.3, 0.4) is 0 Å². The summed E-state index contributed by atoms with van der Waals surface area (Å²) >= 11 is 0. The second-order valence-electron chi connectivity index (χ2n) is 7.61. The van der Waals surface area contributed by atoms with E-state index in [1.807, 2.05) is 11.0 Å². The Morgan fingerprint density at radius 1 is 1.32 bits per heavy atom. The molecule has 1 amide bonds. The van der Waals surface area contributed by atoms with Crippen molar-refractivity contribution in [1.29, 1.82) is 5.26 Å². The van der Waals surface area contributed by atoms with Gasteiger partial charge in [-0.2, -0.15) is 5.26 Å². The minimum atomic E-state index is 0.0388. The van der Waals surface area contributed by atoms with Crippen molar-refractivity contribution >= 4 is 5.91 Å². The van der Waals surface area contributed by atoms with Gasteiger partial charge >= 0.3 is 0 Å². The van der Waals surface area contributed by atoms with Crippen LogP contribution >= 0.6 is 0 Å². The molecule has 2 aromatic rings. The molecule has 5 nitrogen and oxygen atoms in total. The van der Waals surface area contributed by atoms with E-state index in [0.29, 0.717) is 0 Å². The molecule has 0 unspecified atom stereocenters. The van der Waals surface area contributed by atoms with Crippen LogP contribution in [-0.2, 0) is 16.8 Å².